The van der Waals surface area contributed by atoms with Gasteiger partial charge in [-0.05, 0) is 18.9 Å². The number of aliphatic hydroxyl groups excluding tert-OH is 2. The number of carbonyl (C=O) groups excluding carboxylic acids is 2. The summed E-state index contributed by atoms with van der Waals surface area (Å²) in [5, 5.41) is 18.9. The van der Waals surface area contributed by atoms with Gasteiger partial charge in [0.25, 0.3) is 0 Å². The smallest absolute Gasteiger partial charge is 0.339 e. The van der Waals surface area contributed by atoms with E-state index in [2.05, 4.69) is 4.74 Å². The molecular formula is C11H12O5. The summed E-state index contributed by atoms with van der Waals surface area (Å²) in [5.74, 6) is -0.937. The summed E-state index contributed by atoms with van der Waals surface area (Å²) in [7, 11) is 0. The van der Waals surface area contributed by atoms with Crippen molar-refractivity contribution in [2.45, 2.75) is 31.7 Å². The number of hydrogen-bond donors (Lipinski definition) is 2. The summed E-state index contributed by atoms with van der Waals surface area (Å²) >= 11 is 0. The van der Waals surface area contributed by atoms with Gasteiger partial charge >= 0.3 is 5.97 Å². The van der Waals surface area contributed by atoms with Crippen LogP contribution in [0.15, 0.2) is 23.3 Å². The van der Waals surface area contributed by atoms with Crippen LogP contribution < -0.4 is 0 Å². The number of allylic oxidation sites excluding steroid dienone is 1. The third-order valence-corrected chi connectivity index (χ3v) is 2.67. The molecule has 5 heteroatoms. The lowest BCUT2D eigenvalue weighted by Crippen LogP contribution is -2.25. The SMILES string of the molecule is O=C1CCCC=C1C(O)C1=CC(O)OC1=O. The van der Waals surface area contributed by atoms with Crippen LogP contribution in [0.4, 0.5) is 0 Å². The minimum absolute atomic E-state index is 0.0611. The summed E-state index contributed by atoms with van der Waals surface area (Å²) in [5.41, 5.74) is 0.164. The summed E-state index contributed by atoms with van der Waals surface area (Å²) in [4.78, 5) is 22.7. The summed E-state index contributed by atoms with van der Waals surface area (Å²) in [6, 6.07) is 0. The van der Waals surface area contributed by atoms with Gasteiger partial charge in [0.2, 0.25) is 6.29 Å². The molecule has 0 aromatic rings. The van der Waals surface area contributed by atoms with Crippen LogP contribution in [0.2, 0.25) is 0 Å². The molecule has 0 aromatic carbocycles. The molecule has 0 bridgehead atoms. The van der Waals surface area contributed by atoms with E-state index in [1.165, 1.54) is 0 Å². The summed E-state index contributed by atoms with van der Waals surface area (Å²) in [6.07, 6.45) is 2.01. The van der Waals surface area contributed by atoms with E-state index in [1.54, 1.807) is 6.08 Å². The van der Waals surface area contributed by atoms with Gasteiger partial charge in [0.1, 0.15) is 6.10 Å². The Morgan fingerprint density at radius 3 is 2.69 bits per heavy atom. The predicted molar refractivity (Wildman–Crippen MR) is 53.1 cm³/mol. The van der Waals surface area contributed by atoms with Crippen molar-refractivity contribution in [2.24, 2.45) is 0 Å². The number of aliphatic hydroxyl groups is 2. The number of ether oxygens (including phenoxy) is 1. The van der Waals surface area contributed by atoms with E-state index in [-0.39, 0.29) is 16.9 Å². The first-order valence-electron chi connectivity index (χ1n) is 5.11. The van der Waals surface area contributed by atoms with Crippen molar-refractivity contribution < 1.29 is 24.5 Å². The zero-order chi connectivity index (χ0) is 11.7. The van der Waals surface area contributed by atoms with E-state index in [1.807, 2.05) is 0 Å². The van der Waals surface area contributed by atoms with Crippen molar-refractivity contribution in [3.63, 3.8) is 0 Å². The molecule has 86 valence electrons. The van der Waals surface area contributed by atoms with E-state index in [4.69, 9.17) is 5.11 Å². The van der Waals surface area contributed by atoms with E-state index in [0.717, 1.165) is 12.5 Å². The highest BCUT2D eigenvalue weighted by molar-refractivity contribution is 6.01. The second kappa shape index (κ2) is 4.19. The molecule has 1 aliphatic carbocycles. The van der Waals surface area contributed by atoms with E-state index >= 15 is 0 Å². The minimum Gasteiger partial charge on any atom is -0.429 e. The van der Waals surface area contributed by atoms with Crippen molar-refractivity contribution >= 4 is 11.8 Å². The Hall–Kier alpha value is -1.46. The van der Waals surface area contributed by atoms with E-state index < -0.39 is 18.4 Å². The van der Waals surface area contributed by atoms with Crippen molar-refractivity contribution in [1.82, 2.24) is 0 Å². The average molecular weight is 224 g/mol. The molecule has 0 amide bonds. The second-order valence-corrected chi connectivity index (χ2v) is 3.80. The van der Waals surface area contributed by atoms with Gasteiger partial charge in [-0.25, -0.2) is 4.79 Å². The fourth-order valence-electron chi connectivity index (χ4n) is 1.85. The van der Waals surface area contributed by atoms with Crippen LogP contribution in [0, 0.1) is 0 Å². The summed E-state index contributed by atoms with van der Waals surface area (Å²) < 4.78 is 4.45. The number of ketones is 1. The molecule has 2 rings (SSSR count). The van der Waals surface area contributed by atoms with Gasteiger partial charge in [-0.15, -0.1) is 0 Å². The largest absolute Gasteiger partial charge is 0.429 e. The molecule has 16 heavy (non-hydrogen) atoms. The topological polar surface area (TPSA) is 83.8 Å². The predicted octanol–water partition coefficient (Wildman–Crippen LogP) is -0.172. The van der Waals surface area contributed by atoms with Gasteiger partial charge in [0, 0.05) is 12.0 Å². The Morgan fingerprint density at radius 2 is 2.12 bits per heavy atom. The fourth-order valence-corrected chi connectivity index (χ4v) is 1.85. The molecule has 1 heterocycles. The maximum atomic E-state index is 11.5. The highest BCUT2D eigenvalue weighted by atomic mass is 16.6. The number of carbonyl (C=O) groups is 2. The molecule has 0 saturated carbocycles. The maximum Gasteiger partial charge on any atom is 0.339 e. The standard InChI is InChI=1S/C11H12O5/c12-8-4-2-1-3-6(8)10(14)7-5-9(13)16-11(7)15/h3,5,9-10,13-14H,1-2,4H2. The Labute approximate surface area is 92.0 Å². The first-order valence-corrected chi connectivity index (χ1v) is 5.11. The van der Waals surface area contributed by atoms with E-state index in [0.29, 0.717) is 12.8 Å². The van der Waals surface area contributed by atoms with Crippen LogP contribution in [0.5, 0.6) is 0 Å². The molecule has 2 aliphatic rings. The normalized spacial score (nSPS) is 27.2. The van der Waals surface area contributed by atoms with Crippen molar-refractivity contribution in [3.05, 3.63) is 23.3 Å². The Balaban J connectivity index is 2.22. The average Bonchev–Trinajstić information content (AvgIpc) is 2.58. The highest BCUT2D eigenvalue weighted by Crippen LogP contribution is 2.25. The number of rotatable bonds is 2. The molecule has 0 aromatic heterocycles. The Bertz CT molecular complexity index is 391. The molecular weight excluding hydrogens is 212 g/mol. The van der Waals surface area contributed by atoms with Crippen LogP contribution in [0.25, 0.3) is 0 Å². The number of esters is 1. The van der Waals surface area contributed by atoms with Crippen LogP contribution in [0.3, 0.4) is 0 Å². The lowest BCUT2D eigenvalue weighted by Gasteiger charge is -2.16. The van der Waals surface area contributed by atoms with Crippen LogP contribution in [-0.2, 0) is 14.3 Å². The van der Waals surface area contributed by atoms with Gasteiger partial charge < -0.3 is 14.9 Å². The molecule has 2 atom stereocenters. The van der Waals surface area contributed by atoms with Crippen LogP contribution in [-0.4, -0.2) is 34.4 Å². The fraction of sp³-hybridized carbons (Fsp3) is 0.455. The molecule has 0 radical (unpaired) electrons. The van der Waals surface area contributed by atoms with Gasteiger partial charge in [0.15, 0.2) is 5.78 Å². The van der Waals surface area contributed by atoms with Gasteiger partial charge in [0.05, 0.1) is 5.57 Å². The lowest BCUT2D eigenvalue weighted by atomic mass is 9.90. The maximum absolute atomic E-state index is 11.5. The minimum atomic E-state index is -1.32. The van der Waals surface area contributed by atoms with Gasteiger partial charge in [-0.1, -0.05) is 6.08 Å². The van der Waals surface area contributed by atoms with Crippen molar-refractivity contribution in [2.75, 3.05) is 0 Å². The Kier molecular flexibility index (Phi) is 2.89. The Morgan fingerprint density at radius 1 is 1.38 bits per heavy atom. The molecule has 2 N–H and O–H groups in total. The number of cyclic esters (lactones) is 1. The van der Waals surface area contributed by atoms with Crippen molar-refractivity contribution in [3.8, 4) is 0 Å². The zero-order valence-electron chi connectivity index (χ0n) is 8.55. The summed E-state index contributed by atoms with van der Waals surface area (Å²) in [6.45, 7) is 0. The third kappa shape index (κ3) is 1.91. The molecule has 0 fully saturated rings. The number of Topliss-reactive ketones (excluding diaryl/α,β-unsaturated/α-hetero) is 1. The lowest BCUT2D eigenvalue weighted by molar-refractivity contribution is -0.151. The molecule has 0 saturated heterocycles. The third-order valence-electron chi connectivity index (χ3n) is 2.67. The van der Waals surface area contributed by atoms with Crippen LogP contribution >= 0.6 is 0 Å². The number of hydrogen-bond acceptors (Lipinski definition) is 5. The van der Waals surface area contributed by atoms with E-state index in [9.17, 15) is 14.7 Å². The quantitative estimate of drug-likeness (QED) is 0.636. The van der Waals surface area contributed by atoms with Gasteiger partial charge in [-0.2, -0.15) is 0 Å². The van der Waals surface area contributed by atoms with Crippen LogP contribution in [0.1, 0.15) is 19.3 Å². The first-order chi connectivity index (χ1) is 7.59. The zero-order valence-corrected chi connectivity index (χ0v) is 8.55. The molecule has 5 nitrogen and oxygen atoms in total. The monoisotopic (exact) mass is 224 g/mol. The molecule has 2 unspecified atom stereocenters. The molecule has 0 spiro atoms. The van der Waals surface area contributed by atoms with Gasteiger partial charge in [-0.3, -0.25) is 4.79 Å². The molecule has 1 aliphatic heterocycles. The second-order valence-electron chi connectivity index (χ2n) is 3.80. The highest BCUT2D eigenvalue weighted by Gasteiger charge is 2.33. The van der Waals surface area contributed by atoms with Crippen molar-refractivity contribution in [1.29, 1.82) is 0 Å². The first kappa shape index (κ1) is 11.0.